The fourth-order valence-electron chi connectivity index (χ4n) is 7.50. The molecule has 0 saturated carbocycles. The van der Waals surface area contributed by atoms with Crippen LogP contribution in [0.2, 0.25) is 0 Å². The summed E-state index contributed by atoms with van der Waals surface area (Å²) in [7, 11) is 0. The number of benzene rings is 7. The first-order chi connectivity index (χ1) is 26.3. The van der Waals surface area contributed by atoms with Gasteiger partial charge in [-0.1, -0.05) is 140 Å². The molecule has 10 rings (SSSR count). The third kappa shape index (κ3) is 5.45. The van der Waals surface area contributed by atoms with E-state index in [4.69, 9.17) is 14.7 Å². The molecule has 2 aromatic heterocycles. The summed E-state index contributed by atoms with van der Waals surface area (Å²) in [4.78, 5) is 14.7. The van der Waals surface area contributed by atoms with E-state index in [0.29, 0.717) is 5.82 Å². The van der Waals surface area contributed by atoms with Crippen molar-refractivity contribution in [1.82, 2.24) is 15.0 Å². The topological polar surface area (TPSA) is 47.9 Å². The summed E-state index contributed by atoms with van der Waals surface area (Å²) in [6, 6.07) is 61.4. The van der Waals surface area contributed by atoms with Crippen LogP contribution in [0.25, 0.3) is 89.2 Å². The molecule has 0 aliphatic carbocycles. The van der Waals surface area contributed by atoms with Gasteiger partial charge in [-0.15, -0.1) is 0 Å². The van der Waals surface area contributed by atoms with Gasteiger partial charge in [0.25, 0.3) is 0 Å². The highest BCUT2D eigenvalue weighted by Crippen LogP contribution is 2.50. The molecule has 0 N–H and O–H groups in total. The van der Waals surface area contributed by atoms with E-state index in [0.717, 1.165) is 94.9 Å². The van der Waals surface area contributed by atoms with Crippen LogP contribution in [0.3, 0.4) is 0 Å². The van der Waals surface area contributed by atoms with Crippen LogP contribution < -0.4 is 4.74 Å². The number of hydrogen-bond acceptors (Lipinski definition) is 4. The molecule has 53 heavy (non-hydrogen) atoms. The first-order valence-electron chi connectivity index (χ1n) is 17.8. The zero-order valence-corrected chi connectivity index (χ0v) is 28.6. The Morgan fingerprint density at radius 2 is 0.962 bits per heavy atom. The lowest BCUT2D eigenvalue weighted by Gasteiger charge is -2.19. The summed E-state index contributed by atoms with van der Waals surface area (Å²) in [5, 5.41) is 2.15. The Hall–Kier alpha value is -7.17. The van der Waals surface area contributed by atoms with Gasteiger partial charge < -0.3 is 4.74 Å². The van der Waals surface area contributed by atoms with Crippen molar-refractivity contribution in [2.45, 2.75) is 0 Å². The van der Waals surface area contributed by atoms with E-state index in [1.807, 2.05) is 48.7 Å². The Bertz CT molecular complexity index is 2750. The molecular formula is C49H31N3O. The van der Waals surface area contributed by atoms with E-state index in [1.54, 1.807) is 6.20 Å². The molecule has 1 aliphatic heterocycles. The molecule has 4 nitrogen and oxygen atoms in total. The SMILES string of the molecule is c1ccc(-c2cc(-c3cccnc3)nc(-c3ccc4c(c3)-c3ccc5ccccc5c3Oc3ccccc3-c3ccccc3-c3ccccc3-4)n2)cc1. The van der Waals surface area contributed by atoms with Gasteiger partial charge in [0.2, 0.25) is 0 Å². The van der Waals surface area contributed by atoms with Gasteiger partial charge in [-0.25, -0.2) is 9.97 Å². The Kier molecular flexibility index (Phi) is 7.43. The molecule has 1 aliphatic rings. The van der Waals surface area contributed by atoms with Gasteiger partial charge in [-0.3, -0.25) is 4.98 Å². The largest absolute Gasteiger partial charge is 0.455 e. The predicted octanol–water partition coefficient (Wildman–Crippen LogP) is 12.8. The summed E-state index contributed by atoms with van der Waals surface area (Å²) in [6.07, 6.45) is 3.63. The fraction of sp³-hybridized carbons (Fsp3) is 0. The van der Waals surface area contributed by atoms with Crippen LogP contribution in [0.5, 0.6) is 11.5 Å². The first kappa shape index (κ1) is 30.6. The highest BCUT2D eigenvalue weighted by molar-refractivity contribution is 6.03. The van der Waals surface area contributed by atoms with E-state index < -0.39 is 0 Å². The fourth-order valence-corrected chi connectivity index (χ4v) is 7.50. The maximum atomic E-state index is 7.16. The van der Waals surface area contributed by atoms with Gasteiger partial charge in [0, 0.05) is 45.6 Å². The summed E-state index contributed by atoms with van der Waals surface area (Å²) in [5.74, 6) is 2.24. The maximum Gasteiger partial charge on any atom is 0.160 e. The Labute approximate surface area is 307 Å². The number of ether oxygens (including phenoxy) is 1. The van der Waals surface area contributed by atoms with Gasteiger partial charge in [0.1, 0.15) is 11.5 Å². The van der Waals surface area contributed by atoms with Crippen LogP contribution >= 0.6 is 0 Å². The molecule has 3 heterocycles. The monoisotopic (exact) mass is 677 g/mol. The number of para-hydroxylation sites is 1. The number of fused-ring (bicyclic) bond motifs is 11. The number of nitrogens with zero attached hydrogens (tertiary/aromatic N) is 3. The van der Waals surface area contributed by atoms with E-state index in [9.17, 15) is 0 Å². The quantitative estimate of drug-likeness (QED) is 0.187. The van der Waals surface area contributed by atoms with Crippen LogP contribution in [-0.4, -0.2) is 15.0 Å². The second-order valence-corrected chi connectivity index (χ2v) is 13.2. The minimum atomic E-state index is 0.634. The van der Waals surface area contributed by atoms with Gasteiger partial charge in [-0.05, 0) is 75.2 Å². The molecule has 248 valence electrons. The van der Waals surface area contributed by atoms with E-state index in [2.05, 4.69) is 138 Å². The van der Waals surface area contributed by atoms with E-state index in [-0.39, 0.29) is 0 Å². The summed E-state index contributed by atoms with van der Waals surface area (Å²) in [6.45, 7) is 0. The van der Waals surface area contributed by atoms with Crippen molar-refractivity contribution in [3.63, 3.8) is 0 Å². The Morgan fingerprint density at radius 3 is 1.70 bits per heavy atom. The van der Waals surface area contributed by atoms with Crippen molar-refractivity contribution >= 4 is 10.8 Å². The molecule has 0 fully saturated rings. The zero-order valence-electron chi connectivity index (χ0n) is 28.6. The molecular weight excluding hydrogens is 647 g/mol. The van der Waals surface area contributed by atoms with Crippen LogP contribution in [0.1, 0.15) is 0 Å². The van der Waals surface area contributed by atoms with E-state index >= 15 is 0 Å². The van der Waals surface area contributed by atoms with Gasteiger partial charge in [-0.2, -0.15) is 0 Å². The molecule has 0 radical (unpaired) electrons. The second kappa shape index (κ2) is 12.9. The summed E-state index contributed by atoms with van der Waals surface area (Å²) in [5.41, 5.74) is 13.2. The molecule has 4 heteroatoms. The van der Waals surface area contributed by atoms with Crippen LogP contribution in [0, 0.1) is 0 Å². The lowest BCUT2D eigenvalue weighted by Crippen LogP contribution is -1.98. The average Bonchev–Trinajstić information content (AvgIpc) is 3.25. The summed E-state index contributed by atoms with van der Waals surface area (Å²) >= 11 is 0. The number of hydrogen-bond donors (Lipinski definition) is 0. The average molecular weight is 678 g/mol. The standard InChI is InChI=1S/C49H31N3O/c1-2-14-33(15-3-1)45-30-46(35-16-12-28-50-31-35)52-49(51-45)34-25-26-41-39-20-7-6-18-37(39)38-19-8-9-21-40(38)42-22-10-11-23-47(42)53-48-36-17-5-4-13-32(36)24-27-43(48)44(41)29-34/h1-31H. The number of pyridine rings is 1. The summed E-state index contributed by atoms with van der Waals surface area (Å²) < 4.78 is 7.16. The lowest BCUT2D eigenvalue weighted by molar-refractivity contribution is 0.492. The third-order valence-electron chi connectivity index (χ3n) is 10.0. The molecule has 0 atom stereocenters. The molecule has 0 unspecified atom stereocenters. The van der Waals surface area contributed by atoms with Crippen molar-refractivity contribution in [3.05, 3.63) is 188 Å². The number of rotatable bonds is 3. The van der Waals surface area contributed by atoms with Crippen molar-refractivity contribution in [1.29, 1.82) is 0 Å². The maximum absolute atomic E-state index is 7.16. The minimum absolute atomic E-state index is 0.634. The van der Waals surface area contributed by atoms with E-state index in [1.165, 1.54) is 0 Å². The minimum Gasteiger partial charge on any atom is -0.455 e. The Balaban J connectivity index is 1.29. The smallest absolute Gasteiger partial charge is 0.160 e. The third-order valence-corrected chi connectivity index (χ3v) is 10.0. The van der Waals surface area contributed by atoms with Crippen molar-refractivity contribution < 1.29 is 4.74 Å². The lowest BCUT2D eigenvalue weighted by atomic mass is 9.85. The van der Waals surface area contributed by atoms with Crippen LogP contribution in [0.4, 0.5) is 0 Å². The van der Waals surface area contributed by atoms with Crippen molar-refractivity contribution in [3.8, 4) is 89.9 Å². The van der Waals surface area contributed by atoms with Gasteiger partial charge >= 0.3 is 0 Å². The molecule has 9 aromatic rings. The first-order valence-corrected chi connectivity index (χ1v) is 17.8. The van der Waals surface area contributed by atoms with Crippen molar-refractivity contribution in [2.24, 2.45) is 0 Å². The van der Waals surface area contributed by atoms with Gasteiger partial charge in [0.15, 0.2) is 5.82 Å². The Morgan fingerprint density at radius 1 is 0.377 bits per heavy atom. The van der Waals surface area contributed by atoms with Gasteiger partial charge in [0.05, 0.1) is 11.4 Å². The second-order valence-electron chi connectivity index (χ2n) is 13.2. The highest BCUT2D eigenvalue weighted by Gasteiger charge is 2.23. The number of aromatic nitrogens is 3. The molecule has 0 spiro atoms. The van der Waals surface area contributed by atoms with Crippen LogP contribution in [-0.2, 0) is 0 Å². The molecule has 7 aromatic carbocycles. The van der Waals surface area contributed by atoms with Crippen molar-refractivity contribution in [2.75, 3.05) is 0 Å². The normalized spacial score (nSPS) is 11.5. The highest BCUT2D eigenvalue weighted by atomic mass is 16.5. The predicted molar refractivity (Wildman–Crippen MR) is 215 cm³/mol. The molecule has 0 bridgehead atoms. The molecule has 0 saturated heterocycles. The zero-order chi connectivity index (χ0) is 35.1. The van der Waals surface area contributed by atoms with Crippen LogP contribution in [0.15, 0.2) is 188 Å². The molecule has 0 amide bonds.